The number of hydrogen-bond donors (Lipinski definition) is 0. The van der Waals surface area contributed by atoms with Crippen molar-refractivity contribution < 1.29 is 14.3 Å². The van der Waals surface area contributed by atoms with E-state index in [0.29, 0.717) is 20.7 Å². The number of ketones is 1. The number of hydrogen-bond acceptors (Lipinski definition) is 5. The highest BCUT2D eigenvalue weighted by molar-refractivity contribution is 9.10. The van der Waals surface area contributed by atoms with Gasteiger partial charge in [-0.2, -0.15) is 0 Å². The summed E-state index contributed by atoms with van der Waals surface area (Å²) < 4.78 is 14.2. The summed E-state index contributed by atoms with van der Waals surface area (Å²) >= 11 is 4.78. The van der Waals surface area contributed by atoms with Gasteiger partial charge in [-0.3, -0.25) is 9.59 Å². The SMILES string of the molecule is Cn1c(=O)/c(=C\c2cc3c(cc2Br)OCO3)s/c1=C\C(=O)C(C)(C)C. The number of benzene rings is 1. The molecule has 0 aliphatic carbocycles. The second kappa shape index (κ2) is 6.46. The van der Waals surface area contributed by atoms with Crippen LogP contribution in [0.3, 0.4) is 0 Å². The molecule has 0 radical (unpaired) electrons. The highest BCUT2D eigenvalue weighted by Crippen LogP contribution is 2.37. The van der Waals surface area contributed by atoms with Gasteiger partial charge in [0.05, 0.1) is 4.53 Å². The molecule has 3 rings (SSSR count). The lowest BCUT2D eigenvalue weighted by atomic mass is 9.91. The van der Waals surface area contributed by atoms with Crippen LogP contribution in [0.2, 0.25) is 0 Å². The smallest absolute Gasteiger partial charge is 0.268 e. The summed E-state index contributed by atoms with van der Waals surface area (Å²) in [6.07, 6.45) is 3.33. The van der Waals surface area contributed by atoms with Gasteiger partial charge in [-0.05, 0) is 23.8 Å². The Morgan fingerprint density at radius 3 is 2.56 bits per heavy atom. The van der Waals surface area contributed by atoms with E-state index >= 15 is 0 Å². The molecule has 25 heavy (non-hydrogen) atoms. The molecule has 1 aliphatic heterocycles. The van der Waals surface area contributed by atoms with Crippen molar-refractivity contribution in [1.82, 2.24) is 4.57 Å². The van der Waals surface area contributed by atoms with Crippen LogP contribution in [0.25, 0.3) is 12.2 Å². The molecule has 0 atom stereocenters. The van der Waals surface area contributed by atoms with E-state index in [-0.39, 0.29) is 18.1 Å². The molecule has 0 saturated carbocycles. The molecular weight excluding hydrogens is 406 g/mol. The summed E-state index contributed by atoms with van der Waals surface area (Å²) in [4.78, 5) is 24.7. The molecule has 0 saturated heterocycles. The Labute approximate surface area is 157 Å². The Balaban J connectivity index is 2.12. The van der Waals surface area contributed by atoms with E-state index in [1.165, 1.54) is 22.0 Å². The predicted octanol–water partition coefficient (Wildman–Crippen LogP) is 2.16. The summed E-state index contributed by atoms with van der Waals surface area (Å²) in [6.45, 7) is 5.76. The van der Waals surface area contributed by atoms with Crippen molar-refractivity contribution >= 4 is 45.2 Å². The first-order valence-electron chi connectivity index (χ1n) is 7.69. The lowest BCUT2D eigenvalue weighted by Gasteiger charge is -2.12. The number of carbonyl (C=O) groups is 1. The topological polar surface area (TPSA) is 57.5 Å². The quantitative estimate of drug-likeness (QED) is 0.742. The van der Waals surface area contributed by atoms with Gasteiger partial charge in [0.25, 0.3) is 5.56 Å². The van der Waals surface area contributed by atoms with E-state index in [1.54, 1.807) is 13.1 Å². The third-order valence-electron chi connectivity index (χ3n) is 3.83. The van der Waals surface area contributed by atoms with Crippen molar-refractivity contribution in [2.24, 2.45) is 12.5 Å². The molecule has 1 aromatic carbocycles. The van der Waals surface area contributed by atoms with Crippen molar-refractivity contribution in [2.75, 3.05) is 6.79 Å². The van der Waals surface area contributed by atoms with Gasteiger partial charge in [0.2, 0.25) is 6.79 Å². The van der Waals surface area contributed by atoms with Crippen LogP contribution in [0.5, 0.6) is 11.5 Å². The predicted molar refractivity (Wildman–Crippen MR) is 102 cm³/mol. The molecule has 0 amide bonds. The maximum Gasteiger partial charge on any atom is 0.268 e. The Kier molecular flexibility index (Phi) is 4.64. The number of Topliss-reactive ketones (excluding diaryl/α,β-unsaturated/α-hetero) is 1. The third-order valence-corrected chi connectivity index (χ3v) is 5.63. The van der Waals surface area contributed by atoms with Gasteiger partial charge >= 0.3 is 0 Å². The van der Waals surface area contributed by atoms with Gasteiger partial charge in [-0.25, -0.2) is 0 Å². The van der Waals surface area contributed by atoms with Gasteiger partial charge in [-0.1, -0.05) is 36.7 Å². The molecule has 1 aliphatic rings. The van der Waals surface area contributed by atoms with Gasteiger partial charge in [0, 0.05) is 23.0 Å². The lowest BCUT2D eigenvalue weighted by Crippen LogP contribution is -2.30. The Hall–Kier alpha value is -1.86. The van der Waals surface area contributed by atoms with Crippen LogP contribution in [0, 0.1) is 5.41 Å². The summed E-state index contributed by atoms with van der Waals surface area (Å²) in [5.74, 6) is 1.31. The van der Waals surface area contributed by atoms with Crippen molar-refractivity contribution in [2.45, 2.75) is 20.8 Å². The van der Waals surface area contributed by atoms with E-state index in [9.17, 15) is 9.59 Å². The van der Waals surface area contributed by atoms with Crippen molar-refractivity contribution in [3.05, 3.63) is 41.7 Å². The second-order valence-corrected chi connectivity index (χ2v) is 8.72. The van der Waals surface area contributed by atoms with Gasteiger partial charge in [0.1, 0.15) is 4.66 Å². The highest BCUT2D eigenvalue weighted by Gasteiger charge is 2.19. The zero-order chi connectivity index (χ0) is 18.4. The average molecular weight is 424 g/mol. The fourth-order valence-corrected chi connectivity index (χ4v) is 3.68. The molecule has 0 unspecified atom stereocenters. The Morgan fingerprint density at radius 2 is 1.92 bits per heavy atom. The lowest BCUT2D eigenvalue weighted by molar-refractivity contribution is -0.120. The molecule has 0 spiro atoms. The first kappa shape index (κ1) is 17.9. The highest BCUT2D eigenvalue weighted by atomic mass is 79.9. The van der Waals surface area contributed by atoms with Gasteiger partial charge in [-0.15, -0.1) is 11.3 Å². The number of rotatable bonds is 2. The summed E-state index contributed by atoms with van der Waals surface area (Å²) in [5.41, 5.74) is 0.198. The van der Waals surface area contributed by atoms with E-state index in [1.807, 2.05) is 32.9 Å². The van der Waals surface area contributed by atoms with Crippen LogP contribution >= 0.6 is 27.3 Å². The number of aromatic nitrogens is 1. The van der Waals surface area contributed by atoms with Crippen molar-refractivity contribution in [3.63, 3.8) is 0 Å². The van der Waals surface area contributed by atoms with Crippen LogP contribution in [0.4, 0.5) is 0 Å². The molecule has 5 nitrogen and oxygen atoms in total. The minimum atomic E-state index is -0.482. The number of carbonyl (C=O) groups excluding carboxylic acids is 1. The zero-order valence-electron chi connectivity index (χ0n) is 14.4. The normalized spacial score (nSPS) is 15.1. The van der Waals surface area contributed by atoms with Crippen LogP contribution in [0.1, 0.15) is 26.3 Å². The van der Waals surface area contributed by atoms with Crippen LogP contribution < -0.4 is 24.2 Å². The molecule has 7 heteroatoms. The van der Waals surface area contributed by atoms with Crippen LogP contribution in [0.15, 0.2) is 21.4 Å². The molecule has 0 N–H and O–H groups in total. The number of fused-ring (bicyclic) bond motifs is 1. The maximum atomic E-state index is 12.5. The largest absolute Gasteiger partial charge is 0.454 e. The molecule has 0 fully saturated rings. The minimum absolute atomic E-state index is 0.0137. The maximum absolute atomic E-state index is 12.5. The number of thiazole rings is 1. The minimum Gasteiger partial charge on any atom is -0.454 e. The molecule has 1 aromatic heterocycles. The fourth-order valence-electron chi connectivity index (χ4n) is 2.22. The molecule has 2 heterocycles. The van der Waals surface area contributed by atoms with E-state index < -0.39 is 5.41 Å². The summed E-state index contributed by atoms with van der Waals surface area (Å²) in [7, 11) is 1.67. The number of nitrogens with zero attached hydrogens (tertiary/aromatic N) is 1. The van der Waals surface area contributed by atoms with Crippen molar-refractivity contribution in [1.29, 1.82) is 0 Å². The monoisotopic (exact) mass is 423 g/mol. The van der Waals surface area contributed by atoms with Gasteiger partial charge in [0.15, 0.2) is 17.3 Å². The van der Waals surface area contributed by atoms with E-state index in [4.69, 9.17) is 9.47 Å². The molecule has 0 bridgehead atoms. The molecule has 132 valence electrons. The first-order chi connectivity index (χ1) is 11.7. The van der Waals surface area contributed by atoms with E-state index in [0.717, 1.165) is 10.0 Å². The number of ether oxygens (including phenoxy) is 2. The molecule has 2 aromatic rings. The molecular formula is C18H18BrNO4S. The average Bonchev–Trinajstić information content (AvgIpc) is 3.07. The fraction of sp³-hybridized carbons (Fsp3) is 0.333. The summed E-state index contributed by atoms with van der Waals surface area (Å²) in [6, 6.07) is 3.65. The Morgan fingerprint density at radius 1 is 1.28 bits per heavy atom. The summed E-state index contributed by atoms with van der Waals surface area (Å²) in [5, 5.41) is 0. The third kappa shape index (κ3) is 3.57. The number of halogens is 1. The zero-order valence-corrected chi connectivity index (χ0v) is 16.8. The van der Waals surface area contributed by atoms with E-state index in [2.05, 4.69) is 15.9 Å². The first-order valence-corrected chi connectivity index (χ1v) is 9.30. The van der Waals surface area contributed by atoms with Crippen molar-refractivity contribution in [3.8, 4) is 11.5 Å². The standard InChI is InChI=1S/C18H18BrNO4S/c1-18(2,3)15(21)8-16-20(4)17(22)14(25-16)6-10-5-12-13(7-11(10)19)24-9-23-12/h5-8H,9H2,1-4H3/b14-6+,16-8-. The van der Waals surface area contributed by atoms with Crippen LogP contribution in [-0.2, 0) is 11.8 Å². The Bertz CT molecular complexity index is 1030. The van der Waals surface area contributed by atoms with Crippen LogP contribution in [-0.4, -0.2) is 17.1 Å². The van der Waals surface area contributed by atoms with Gasteiger partial charge < -0.3 is 14.0 Å². The second-order valence-electron chi connectivity index (χ2n) is 6.80.